The van der Waals surface area contributed by atoms with Gasteiger partial charge in [-0.15, -0.1) is 12.4 Å². The molecule has 0 spiro atoms. The highest BCUT2D eigenvalue weighted by Crippen LogP contribution is 2.34. The first-order chi connectivity index (χ1) is 13.5. The molecule has 1 saturated heterocycles. The Hall–Kier alpha value is -2.57. The molecule has 1 aliphatic rings. The third-order valence-corrected chi connectivity index (χ3v) is 5.20. The van der Waals surface area contributed by atoms with Gasteiger partial charge in [-0.2, -0.15) is 0 Å². The molecule has 1 heterocycles. The van der Waals surface area contributed by atoms with Crippen molar-refractivity contribution in [2.45, 2.75) is 32.2 Å². The Balaban J connectivity index is 0.00000300. The lowest BCUT2D eigenvalue weighted by atomic mass is 9.94. The highest BCUT2D eigenvalue weighted by atomic mass is 35.5. The lowest BCUT2D eigenvalue weighted by Gasteiger charge is -2.28. The molecule has 0 aromatic heterocycles. The van der Waals surface area contributed by atoms with Crippen molar-refractivity contribution in [3.63, 3.8) is 0 Å². The van der Waals surface area contributed by atoms with E-state index in [0.717, 1.165) is 18.4 Å². The summed E-state index contributed by atoms with van der Waals surface area (Å²) in [6.45, 7) is 2.47. The van der Waals surface area contributed by atoms with Gasteiger partial charge in [-0.1, -0.05) is 37.3 Å². The number of benzene rings is 2. The molecule has 29 heavy (non-hydrogen) atoms. The highest BCUT2D eigenvalue weighted by molar-refractivity contribution is 5.98. The van der Waals surface area contributed by atoms with Gasteiger partial charge in [0.1, 0.15) is 5.75 Å². The minimum Gasteiger partial charge on any atom is -0.495 e. The van der Waals surface area contributed by atoms with Crippen LogP contribution in [0.25, 0.3) is 0 Å². The second-order valence-electron chi connectivity index (χ2n) is 7.10. The molecule has 2 atom stereocenters. The number of methoxy groups -OCH3 is 1. The first kappa shape index (κ1) is 22.7. The fraction of sp³-hybridized carbons (Fsp3) is 0.364. The van der Waals surface area contributed by atoms with Crippen LogP contribution in [0.2, 0.25) is 0 Å². The van der Waals surface area contributed by atoms with Crippen molar-refractivity contribution in [1.29, 1.82) is 0 Å². The summed E-state index contributed by atoms with van der Waals surface area (Å²) in [5.74, 6) is 0.108. The van der Waals surface area contributed by atoms with E-state index in [1.165, 1.54) is 0 Å². The van der Waals surface area contributed by atoms with Crippen LogP contribution in [0.1, 0.15) is 37.8 Å². The van der Waals surface area contributed by atoms with Crippen LogP contribution in [0, 0.1) is 5.92 Å². The SMILES string of the molecule is COc1ccc(NC(=O)C(C)C(N)c2ccccc2)cc1N1CCCCC1=O.Cl. The summed E-state index contributed by atoms with van der Waals surface area (Å²) < 4.78 is 5.42. The van der Waals surface area contributed by atoms with Crippen LogP contribution in [0.15, 0.2) is 48.5 Å². The van der Waals surface area contributed by atoms with E-state index in [-0.39, 0.29) is 24.2 Å². The van der Waals surface area contributed by atoms with Crippen LogP contribution >= 0.6 is 12.4 Å². The predicted molar refractivity (Wildman–Crippen MR) is 118 cm³/mol. The van der Waals surface area contributed by atoms with Gasteiger partial charge in [0.05, 0.1) is 18.7 Å². The molecule has 0 bridgehead atoms. The summed E-state index contributed by atoms with van der Waals surface area (Å²) in [5.41, 5.74) is 8.49. The fourth-order valence-electron chi connectivity index (χ4n) is 3.42. The standard InChI is InChI=1S/C22H27N3O3.ClH/c1-15(21(23)16-8-4-3-5-9-16)22(27)24-17-11-12-19(28-2)18(14-17)25-13-7-6-10-20(25)26;/h3-5,8-9,11-12,14-15,21H,6-7,10,13,23H2,1-2H3,(H,24,27);1H. The largest absolute Gasteiger partial charge is 0.495 e. The molecule has 0 aliphatic carbocycles. The average molecular weight is 418 g/mol. The van der Waals surface area contributed by atoms with Crippen LogP contribution in [0.3, 0.4) is 0 Å². The van der Waals surface area contributed by atoms with E-state index in [2.05, 4.69) is 5.32 Å². The van der Waals surface area contributed by atoms with E-state index in [4.69, 9.17) is 10.5 Å². The maximum Gasteiger partial charge on any atom is 0.229 e. The monoisotopic (exact) mass is 417 g/mol. The van der Waals surface area contributed by atoms with Gasteiger partial charge in [0.25, 0.3) is 0 Å². The minimum atomic E-state index is -0.412. The molecule has 1 fully saturated rings. The predicted octanol–water partition coefficient (Wildman–Crippen LogP) is 3.91. The van der Waals surface area contributed by atoms with Crippen LogP contribution in [-0.2, 0) is 9.59 Å². The summed E-state index contributed by atoms with van der Waals surface area (Å²) in [5, 5.41) is 2.93. The number of nitrogens with two attached hydrogens (primary N) is 1. The normalized spacial score (nSPS) is 15.8. The Bertz CT molecular complexity index is 844. The van der Waals surface area contributed by atoms with Crippen molar-refractivity contribution in [2.24, 2.45) is 11.7 Å². The zero-order chi connectivity index (χ0) is 20.1. The molecular weight excluding hydrogens is 390 g/mol. The summed E-state index contributed by atoms with van der Waals surface area (Å²) >= 11 is 0. The van der Waals surface area contributed by atoms with Crippen LogP contribution in [0.4, 0.5) is 11.4 Å². The van der Waals surface area contributed by atoms with Crippen LogP contribution in [0.5, 0.6) is 5.75 Å². The molecule has 2 amide bonds. The maximum atomic E-state index is 12.7. The molecule has 0 saturated carbocycles. The molecule has 156 valence electrons. The number of amides is 2. The molecule has 7 heteroatoms. The van der Waals surface area contributed by atoms with Gasteiger partial charge in [0.2, 0.25) is 11.8 Å². The molecule has 2 unspecified atom stereocenters. The number of carbonyl (C=O) groups excluding carboxylic acids is 2. The number of ether oxygens (including phenoxy) is 1. The van der Waals surface area contributed by atoms with Crippen molar-refractivity contribution < 1.29 is 14.3 Å². The minimum absolute atomic E-state index is 0. The smallest absolute Gasteiger partial charge is 0.229 e. The number of hydrogen-bond donors (Lipinski definition) is 2. The Kier molecular flexibility index (Phi) is 8.05. The first-order valence-electron chi connectivity index (χ1n) is 9.61. The number of rotatable bonds is 6. The molecule has 2 aromatic rings. The Morgan fingerprint density at radius 2 is 1.90 bits per heavy atom. The first-order valence-corrected chi connectivity index (χ1v) is 9.61. The van der Waals surface area contributed by atoms with Gasteiger partial charge < -0.3 is 20.7 Å². The van der Waals surface area contributed by atoms with Gasteiger partial charge in [-0.05, 0) is 36.6 Å². The summed E-state index contributed by atoms with van der Waals surface area (Å²) in [6.07, 6.45) is 2.39. The Morgan fingerprint density at radius 3 is 2.55 bits per heavy atom. The van der Waals surface area contributed by atoms with Gasteiger partial charge in [-0.25, -0.2) is 0 Å². The van der Waals surface area contributed by atoms with Gasteiger partial charge in [0.15, 0.2) is 0 Å². The Morgan fingerprint density at radius 1 is 1.17 bits per heavy atom. The maximum absolute atomic E-state index is 12.7. The number of piperidine rings is 1. The van der Waals surface area contributed by atoms with Crippen molar-refractivity contribution in [2.75, 3.05) is 23.9 Å². The van der Waals surface area contributed by atoms with E-state index in [1.54, 1.807) is 30.2 Å². The molecule has 2 aromatic carbocycles. The van der Waals surface area contributed by atoms with Crippen molar-refractivity contribution in [3.05, 3.63) is 54.1 Å². The molecule has 0 radical (unpaired) electrons. The summed E-state index contributed by atoms with van der Waals surface area (Å²) in [7, 11) is 1.58. The van der Waals surface area contributed by atoms with E-state index >= 15 is 0 Å². The zero-order valence-electron chi connectivity index (χ0n) is 16.8. The highest BCUT2D eigenvalue weighted by Gasteiger charge is 2.25. The number of carbonyl (C=O) groups is 2. The molecule has 6 nitrogen and oxygen atoms in total. The van der Waals surface area contributed by atoms with E-state index in [0.29, 0.717) is 30.1 Å². The summed E-state index contributed by atoms with van der Waals surface area (Å²) in [4.78, 5) is 26.8. The van der Waals surface area contributed by atoms with Crippen molar-refractivity contribution >= 4 is 35.6 Å². The van der Waals surface area contributed by atoms with E-state index < -0.39 is 12.0 Å². The van der Waals surface area contributed by atoms with E-state index in [9.17, 15) is 9.59 Å². The average Bonchev–Trinajstić information content (AvgIpc) is 2.73. The number of hydrogen-bond acceptors (Lipinski definition) is 4. The zero-order valence-corrected chi connectivity index (χ0v) is 17.6. The van der Waals surface area contributed by atoms with Crippen LogP contribution < -0.4 is 20.7 Å². The Labute approximate surface area is 177 Å². The van der Waals surface area contributed by atoms with E-state index in [1.807, 2.05) is 37.3 Å². The van der Waals surface area contributed by atoms with Gasteiger partial charge in [-0.3, -0.25) is 9.59 Å². The third kappa shape index (κ3) is 5.28. The third-order valence-electron chi connectivity index (χ3n) is 5.20. The fourth-order valence-corrected chi connectivity index (χ4v) is 3.42. The second kappa shape index (κ2) is 10.3. The molecule has 3 rings (SSSR count). The quantitative estimate of drug-likeness (QED) is 0.746. The number of anilines is 2. The number of halogens is 1. The summed E-state index contributed by atoms with van der Waals surface area (Å²) in [6, 6.07) is 14.5. The van der Waals surface area contributed by atoms with Crippen LogP contribution in [-0.4, -0.2) is 25.5 Å². The lowest BCUT2D eigenvalue weighted by Crippen LogP contribution is -2.35. The molecule has 3 N–H and O–H groups in total. The van der Waals surface area contributed by atoms with Crippen molar-refractivity contribution in [3.8, 4) is 5.75 Å². The number of nitrogens with one attached hydrogen (secondary N) is 1. The van der Waals surface area contributed by atoms with Gasteiger partial charge in [0, 0.05) is 24.7 Å². The topological polar surface area (TPSA) is 84.7 Å². The van der Waals surface area contributed by atoms with Gasteiger partial charge >= 0.3 is 0 Å². The van der Waals surface area contributed by atoms with Crippen molar-refractivity contribution in [1.82, 2.24) is 0 Å². The lowest BCUT2D eigenvalue weighted by molar-refractivity contribution is -0.120. The number of nitrogens with zero attached hydrogens (tertiary/aromatic N) is 1. The molecule has 1 aliphatic heterocycles. The second-order valence-corrected chi connectivity index (χ2v) is 7.10. The molecular formula is C22H28ClN3O3.